The molecule has 2 N–H and O–H groups in total. The maximum absolute atomic E-state index is 11.8. The molecule has 24 heavy (non-hydrogen) atoms. The van der Waals surface area contributed by atoms with Crippen LogP contribution in [0.15, 0.2) is 18.2 Å². The van der Waals surface area contributed by atoms with E-state index in [0.717, 1.165) is 11.1 Å². The summed E-state index contributed by atoms with van der Waals surface area (Å²) in [5, 5.41) is 4.27. The fourth-order valence-electron chi connectivity index (χ4n) is 1.94. The number of aryl methyl sites for hydroxylation is 1. The molecule has 1 atom stereocenters. The Morgan fingerprint density at radius 2 is 1.83 bits per heavy atom. The Hall–Kier alpha value is -2.57. The van der Waals surface area contributed by atoms with Crippen molar-refractivity contribution in [3.05, 3.63) is 29.3 Å². The number of urea groups is 1. The Labute approximate surface area is 141 Å². The third-order valence-electron chi connectivity index (χ3n) is 3.28. The van der Waals surface area contributed by atoms with Crippen molar-refractivity contribution in [2.75, 3.05) is 13.7 Å². The largest absolute Gasteiger partial charge is 0.482 e. The fourth-order valence-corrected chi connectivity index (χ4v) is 1.94. The van der Waals surface area contributed by atoms with Crippen LogP contribution in [0.4, 0.5) is 4.79 Å². The monoisotopic (exact) mass is 336 g/mol. The van der Waals surface area contributed by atoms with Crippen LogP contribution in [0.3, 0.4) is 0 Å². The minimum atomic E-state index is -1.10. The first-order chi connectivity index (χ1) is 11.2. The Morgan fingerprint density at radius 3 is 2.42 bits per heavy atom. The van der Waals surface area contributed by atoms with E-state index in [9.17, 15) is 14.4 Å². The van der Waals surface area contributed by atoms with E-state index in [1.54, 1.807) is 0 Å². The topological polar surface area (TPSA) is 93.7 Å². The molecule has 0 aromatic heterocycles. The van der Waals surface area contributed by atoms with Gasteiger partial charge in [0, 0.05) is 7.05 Å². The summed E-state index contributed by atoms with van der Waals surface area (Å²) >= 11 is 0. The van der Waals surface area contributed by atoms with Gasteiger partial charge in [0.2, 0.25) is 0 Å². The van der Waals surface area contributed by atoms with Gasteiger partial charge in [0.05, 0.1) is 0 Å². The summed E-state index contributed by atoms with van der Waals surface area (Å²) in [7, 11) is 1.38. The number of amides is 3. The molecule has 1 aromatic carbocycles. The first-order valence-electron chi connectivity index (χ1n) is 7.70. The number of nitrogens with one attached hydrogen (secondary N) is 2. The number of rotatable bonds is 6. The second-order valence-electron chi connectivity index (χ2n) is 5.69. The molecule has 1 aromatic rings. The number of carbonyl (C=O) groups is 3. The van der Waals surface area contributed by atoms with E-state index in [2.05, 4.69) is 5.32 Å². The van der Waals surface area contributed by atoms with Crippen molar-refractivity contribution in [3.63, 3.8) is 0 Å². The standard InChI is InChI=1S/C17H24N2O5/c1-10(2)13-7-6-11(3)8-14(13)23-9-15(20)24-12(4)16(21)19-17(22)18-5/h6-8,10,12H,9H2,1-5H3,(H2,18,19,21,22)/t12-/m1/s1. The van der Waals surface area contributed by atoms with Gasteiger partial charge in [-0.1, -0.05) is 26.0 Å². The maximum Gasteiger partial charge on any atom is 0.344 e. The van der Waals surface area contributed by atoms with Crippen molar-refractivity contribution in [1.82, 2.24) is 10.6 Å². The van der Waals surface area contributed by atoms with Crippen molar-refractivity contribution in [1.29, 1.82) is 0 Å². The quantitative estimate of drug-likeness (QED) is 0.774. The lowest BCUT2D eigenvalue weighted by atomic mass is 10.0. The SMILES string of the molecule is CNC(=O)NC(=O)[C@@H](C)OC(=O)COc1cc(C)ccc1C(C)C. The van der Waals surface area contributed by atoms with Crippen molar-refractivity contribution in [2.24, 2.45) is 0 Å². The average Bonchev–Trinajstić information content (AvgIpc) is 2.52. The lowest BCUT2D eigenvalue weighted by Crippen LogP contribution is -2.43. The molecule has 0 fully saturated rings. The summed E-state index contributed by atoms with van der Waals surface area (Å²) in [4.78, 5) is 34.5. The van der Waals surface area contributed by atoms with E-state index in [-0.39, 0.29) is 12.5 Å². The zero-order chi connectivity index (χ0) is 18.3. The van der Waals surface area contributed by atoms with Crippen LogP contribution < -0.4 is 15.4 Å². The zero-order valence-corrected chi connectivity index (χ0v) is 14.6. The smallest absolute Gasteiger partial charge is 0.344 e. The fraction of sp³-hybridized carbons (Fsp3) is 0.471. The van der Waals surface area contributed by atoms with E-state index < -0.39 is 24.0 Å². The molecule has 3 amide bonds. The van der Waals surface area contributed by atoms with Gasteiger partial charge in [-0.15, -0.1) is 0 Å². The van der Waals surface area contributed by atoms with Gasteiger partial charge in [-0.25, -0.2) is 9.59 Å². The molecule has 0 unspecified atom stereocenters. The first-order valence-corrected chi connectivity index (χ1v) is 7.70. The average molecular weight is 336 g/mol. The van der Waals surface area contributed by atoms with Gasteiger partial charge in [-0.05, 0) is 37.0 Å². The van der Waals surface area contributed by atoms with Crippen LogP contribution in [-0.4, -0.2) is 37.7 Å². The second-order valence-corrected chi connectivity index (χ2v) is 5.69. The Morgan fingerprint density at radius 1 is 1.17 bits per heavy atom. The predicted octanol–water partition coefficient (Wildman–Crippen LogP) is 1.88. The number of esters is 1. The van der Waals surface area contributed by atoms with Crippen molar-refractivity contribution in [3.8, 4) is 5.75 Å². The number of imide groups is 1. The van der Waals surface area contributed by atoms with Crippen LogP contribution in [0, 0.1) is 6.92 Å². The summed E-state index contributed by atoms with van der Waals surface area (Å²) in [5.74, 6) is -0.537. The van der Waals surface area contributed by atoms with Crippen LogP contribution >= 0.6 is 0 Å². The Kier molecular flexibility index (Phi) is 7.23. The molecule has 0 bridgehead atoms. The van der Waals surface area contributed by atoms with Crippen molar-refractivity contribution in [2.45, 2.75) is 39.7 Å². The molecule has 1 rings (SSSR count). The van der Waals surface area contributed by atoms with Gasteiger partial charge in [-0.3, -0.25) is 10.1 Å². The number of ether oxygens (including phenoxy) is 2. The van der Waals surface area contributed by atoms with E-state index >= 15 is 0 Å². The Bertz CT molecular complexity index is 613. The van der Waals surface area contributed by atoms with Gasteiger partial charge in [-0.2, -0.15) is 0 Å². The van der Waals surface area contributed by atoms with Gasteiger partial charge in [0.25, 0.3) is 5.91 Å². The molecule has 0 saturated carbocycles. The molecule has 0 aliphatic heterocycles. The first kappa shape index (κ1) is 19.5. The summed E-state index contributed by atoms with van der Waals surface area (Å²) in [6.45, 7) is 7.05. The van der Waals surface area contributed by atoms with Crippen LogP contribution in [0.5, 0.6) is 5.75 Å². The zero-order valence-electron chi connectivity index (χ0n) is 14.6. The lowest BCUT2D eigenvalue weighted by molar-refractivity contribution is -0.156. The highest BCUT2D eigenvalue weighted by molar-refractivity contribution is 5.97. The van der Waals surface area contributed by atoms with E-state index in [4.69, 9.17) is 9.47 Å². The molecular formula is C17H24N2O5. The van der Waals surface area contributed by atoms with Crippen LogP contribution in [-0.2, 0) is 14.3 Å². The Balaban J connectivity index is 2.59. The highest BCUT2D eigenvalue weighted by atomic mass is 16.6. The molecule has 0 saturated heterocycles. The van der Waals surface area contributed by atoms with Crippen molar-refractivity contribution < 1.29 is 23.9 Å². The summed E-state index contributed by atoms with van der Waals surface area (Å²) in [5.41, 5.74) is 2.00. The van der Waals surface area contributed by atoms with Crippen LogP contribution in [0.25, 0.3) is 0 Å². The molecule has 0 heterocycles. The van der Waals surface area contributed by atoms with Gasteiger partial charge in [0.1, 0.15) is 5.75 Å². The molecule has 132 valence electrons. The minimum Gasteiger partial charge on any atom is -0.482 e. The molecular weight excluding hydrogens is 312 g/mol. The molecule has 7 heteroatoms. The summed E-state index contributed by atoms with van der Waals surface area (Å²) in [6, 6.07) is 5.12. The summed E-state index contributed by atoms with van der Waals surface area (Å²) < 4.78 is 10.5. The number of hydrogen-bond acceptors (Lipinski definition) is 5. The maximum atomic E-state index is 11.8. The molecule has 0 spiro atoms. The normalized spacial score (nSPS) is 11.6. The number of benzene rings is 1. The molecule has 0 aliphatic carbocycles. The number of carbonyl (C=O) groups excluding carboxylic acids is 3. The van der Waals surface area contributed by atoms with E-state index in [1.165, 1.54) is 14.0 Å². The second kappa shape index (κ2) is 8.90. The van der Waals surface area contributed by atoms with Gasteiger partial charge in [0.15, 0.2) is 12.7 Å². The summed E-state index contributed by atoms with van der Waals surface area (Å²) in [6.07, 6.45) is -1.10. The van der Waals surface area contributed by atoms with E-state index in [1.807, 2.05) is 44.3 Å². The van der Waals surface area contributed by atoms with Crippen LogP contribution in [0.1, 0.15) is 37.8 Å². The van der Waals surface area contributed by atoms with Gasteiger partial charge >= 0.3 is 12.0 Å². The molecule has 7 nitrogen and oxygen atoms in total. The number of hydrogen-bond donors (Lipinski definition) is 2. The highest BCUT2D eigenvalue weighted by Gasteiger charge is 2.20. The predicted molar refractivity (Wildman–Crippen MR) is 88.9 cm³/mol. The van der Waals surface area contributed by atoms with E-state index in [0.29, 0.717) is 5.75 Å². The third kappa shape index (κ3) is 5.91. The highest BCUT2D eigenvalue weighted by Crippen LogP contribution is 2.27. The van der Waals surface area contributed by atoms with Crippen molar-refractivity contribution >= 4 is 17.9 Å². The molecule has 0 aliphatic rings. The molecule has 0 radical (unpaired) electrons. The minimum absolute atomic E-state index is 0.244. The van der Waals surface area contributed by atoms with Crippen LogP contribution in [0.2, 0.25) is 0 Å². The van der Waals surface area contributed by atoms with Gasteiger partial charge < -0.3 is 14.8 Å². The third-order valence-corrected chi connectivity index (χ3v) is 3.28. The lowest BCUT2D eigenvalue weighted by Gasteiger charge is -2.16.